The molecule has 1 aromatic carbocycles. The second-order valence-electron chi connectivity index (χ2n) is 7.73. The fraction of sp³-hybridized carbons (Fsp3) is 0.609. The van der Waals surface area contributed by atoms with Crippen molar-refractivity contribution in [1.82, 2.24) is 10.6 Å². The molecule has 1 aliphatic carbocycles. The van der Waals surface area contributed by atoms with E-state index in [4.69, 9.17) is 16.3 Å². The van der Waals surface area contributed by atoms with Crippen molar-refractivity contribution >= 4 is 23.2 Å². The second-order valence-corrected chi connectivity index (χ2v) is 8.17. The molecule has 0 bridgehead atoms. The van der Waals surface area contributed by atoms with Crippen LogP contribution in [0, 0.1) is 6.92 Å². The zero-order chi connectivity index (χ0) is 21.2. The first kappa shape index (κ1) is 23.7. The van der Waals surface area contributed by atoms with Gasteiger partial charge in [-0.15, -0.1) is 0 Å². The van der Waals surface area contributed by atoms with Crippen LogP contribution in [0.15, 0.2) is 30.4 Å². The second kappa shape index (κ2) is 12.2. The average Bonchev–Trinajstić information content (AvgIpc) is 2.69. The smallest absolute Gasteiger partial charge is 0.217 e. The van der Waals surface area contributed by atoms with Crippen LogP contribution < -0.4 is 16.0 Å². The van der Waals surface area contributed by atoms with Crippen LogP contribution in [0.1, 0.15) is 52.0 Å². The SMILES string of the molecule is CCC(CC)O[C@@H]1C=CC[C@H](NCCCNc2cc(Cl)ccc2C)[C@H]1NC(C)=O. The third-order valence-corrected chi connectivity index (χ3v) is 5.64. The van der Waals surface area contributed by atoms with Crippen molar-refractivity contribution in [2.75, 3.05) is 18.4 Å². The summed E-state index contributed by atoms with van der Waals surface area (Å²) < 4.78 is 6.28. The number of carbonyl (C=O) groups is 1. The molecule has 1 aromatic rings. The first-order chi connectivity index (χ1) is 13.9. The van der Waals surface area contributed by atoms with Gasteiger partial charge in [0.1, 0.15) is 0 Å². The molecule has 0 aromatic heterocycles. The van der Waals surface area contributed by atoms with Crippen molar-refractivity contribution < 1.29 is 9.53 Å². The summed E-state index contributed by atoms with van der Waals surface area (Å²) in [5.41, 5.74) is 2.26. The van der Waals surface area contributed by atoms with Crippen LogP contribution in [0.5, 0.6) is 0 Å². The number of halogens is 1. The Balaban J connectivity index is 1.86. The zero-order valence-electron chi connectivity index (χ0n) is 18.1. The number of aryl methyl sites for hydroxylation is 1. The molecule has 5 nitrogen and oxygen atoms in total. The molecule has 162 valence electrons. The quantitative estimate of drug-likeness (QED) is 0.365. The van der Waals surface area contributed by atoms with Gasteiger partial charge in [0.05, 0.1) is 18.2 Å². The largest absolute Gasteiger partial charge is 0.385 e. The molecule has 0 spiro atoms. The van der Waals surface area contributed by atoms with Crippen LogP contribution in [0.2, 0.25) is 5.02 Å². The molecular formula is C23H36ClN3O2. The molecule has 0 aliphatic heterocycles. The van der Waals surface area contributed by atoms with Crippen molar-refractivity contribution in [3.8, 4) is 0 Å². The van der Waals surface area contributed by atoms with Crippen LogP contribution in [0.25, 0.3) is 0 Å². The number of amides is 1. The van der Waals surface area contributed by atoms with E-state index in [0.717, 1.165) is 49.5 Å². The lowest BCUT2D eigenvalue weighted by molar-refractivity contribution is -0.121. The van der Waals surface area contributed by atoms with E-state index in [0.29, 0.717) is 0 Å². The van der Waals surface area contributed by atoms with E-state index < -0.39 is 0 Å². The summed E-state index contributed by atoms with van der Waals surface area (Å²) in [6, 6.07) is 6.00. The average molecular weight is 422 g/mol. The van der Waals surface area contributed by atoms with Crippen molar-refractivity contribution in [2.45, 2.75) is 77.7 Å². The standard InChI is InChI=1S/C23H36ClN3O2/c1-5-19(6-2)29-22-10-7-9-20(23(22)27-17(4)28)25-13-8-14-26-21-15-18(24)12-11-16(21)3/h7,10-12,15,19-20,22-23,25-26H,5-6,8-9,13-14H2,1-4H3,(H,27,28)/t20-,22+,23+/m0/s1. The summed E-state index contributed by atoms with van der Waals surface area (Å²) >= 11 is 6.08. The molecule has 0 fully saturated rings. The summed E-state index contributed by atoms with van der Waals surface area (Å²) in [6.07, 6.45) is 8.18. The number of ether oxygens (including phenoxy) is 1. The van der Waals surface area contributed by atoms with E-state index in [-0.39, 0.29) is 30.2 Å². The minimum absolute atomic E-state index is 0.0201. The first-order valence-electron chi connectivity index (χ1n) is 10.8. The molecule has 0 unspecified atom stereocenters. The predicted octanol–water partition coefficient (Wildman–Crippen LogP) is 4.45. The highest BCUT2D eigenvalue weighted by molar-refractivity contribution is 6.30. The Labute approximate surface area is 180 Å². The number of benzene rings is 1. The number of anilines is 1. The van der Waals surface area contributed by atoms with Gasteiger partial charge in [0.15, 0.2) is 0 Å². The van der Waals surface area contributed by atoms with Gasteiger partial charge in [0, 0.05) is 30.2 Å². The minimum Gasteiger partial charge on any atom is -0.385 e. The molecule has 2 rings (SSSR count). The summed E-state index contributed by atoms with van der Waals surface area (Å²) in [7, 11) is 0. The van der Waals surface area contributed by atoms with E-state index in [1.54, 1.807) is 6.92 Å². The zero-order valence-corrected chi connectivity index (χ0v) is 18.9. The maximum Gasteiger partial charge on any atom is 0.217 e. The van der Waals surface area contributed by atoms with Gasteiger partial charge in [-0.25, -0.2) is 0 Å². The van der Waals surface area contributed by atoms with E-state index in [9.17, 15) is 4.79 Å². The lowest BCUT2D eigenvalue weighted by Crippen LogP contribution is -2.57. The highest BCUT2D eigenvalue weighted by atomic mass is 35.5. The van der Waals surface area contributed by atoms with Gasteiger partial charge in [-0.3, -0.25) is 4.79 Å². The number of hydrogen-bond acceptors (Lipinski definition) is 4. The van der Waals surface area contributed by atoms with Gasteiger partial charge in [0.2, 0.25) is 5.91 Å². The first-order valence-corrected chi connectivity index (χ1v) is 11.1. The molecule has 3 N–H and O–H groups in total. The van der Waals surface area contributed by atoms with E-state index >= 15 is 0 Å². The highest BCUT2D eigenvalue weighted by Gasteiger charge is 2.32. The Morgan fingerprint density at radius 1 is 1.28 bits per heavy atom. The third kappa shape index (κ3) is 7.65. The van der Waals surface area contributed by atoms with Crippen molar-refractivity contribution in [1.29, 1.82) is 0 Å². The molecule has 29 heavy (non-hydrogen) atoms. The van der Waals surface area contributed by atoms with Crippen LogP contribution >= 0.6 is 11.6 Å². The fourth-order valence-corrected chi connectivity index (χ4v) is 3.87. The third-order valence-electron chi connectivity index (χ3n) is 5.41. The Hall–Kier alpha value is -1.56. The maximum absolute atomic E-state index is 11.8. The van der Waals surface area contributed by atoms with Crippen molar-refractivity contribution in [3.05, 3.63) is 40.9 Å². The lowest BCUT2D eigenvalue weighted by Gasteiger charge is -2.37. The van der Waals surface area contributed by atoms with Gasteiger partial charge in [-0.1, -0.05) is 43.7 Å². The van der Waals surface area contributed by atoms with Gasteiger partial charge in [-0.2, -0.15) is 0 Å². The molecule has 1 aliphatic rings. The van der Waals surface area contributed by atoms with Gasteiger partial charge in [0.25, 0.3) is 0 Å². The number of carbonyl (C=O) groups excluding carboxylic acids is 1. The molecule has 3 atom stereocenters. The topological polar surface area (TPSA) is 62.4 Å². The van der Waals surface area contributed by atoms with Crippen LogP contribution in [0.4, 0.5) is 5.69 Å². The Morgan fingerprint density at radius 3 is 2.72 bits per heavy atom. The summed E-state index contributed by atoms with van der Waals surface area (Å²) in [4.78, 5) is 11.8. The minimum atomic E-state index is -0.0951. The van der Waals surface area contributed by atoms with Gasteiger partial charge >= 0.3 is 0 Å². The number of hydrogen-bond donors (Lipinski definition) is 3. The number of nitrogens with one attached hydrogen (secondary N) is 3. The molecule has 0 saturated heterocycles. The van der Waals surface area contributed by atoms with E-state index in [1.807, 2.05) is 18.2 Å². The Bertz CT molecular complexity index is 676. The lowest BCUT2D eigenvalue weighted by atomic mass is 9.92. The van der Waals surface area contributed by atoms with Crippen molar-refractivity contribution in [2.24, 2.45) is 0 Å². The predicted molar refractivity (Wildman–Crippen MR) is 122 cm³/mol. The van der Waals surface area contributed by atoms with Crippen molar-refractivity contribution in [3.63, 3.8) is 0 Å². The monoisotopic (exact) mass is 421 g/mol. The van der Waals surface area contributed by atoms with Gasteiger partial charge in [-0.05, 0) is 56.8 Å². The van der Waals surface area contributed by atoms with E-state index in [2.05, 4.69) is 48.9 Å². The van der Waals surface area contributed by atoms with Crippen LogP contribution in [-0.4, -0.2) is 43.3 Å². The number of rotatable bonds is 11. The van der Waals surface area contributed by atoms with E-state index in [1.165, 1.54) is 5.56 Å². The summed E-state index contributed by atoms with van der Waals surface area (Å²) in [6.45, 7) is 9.63. The van der Waals surface area contributed by atoms with Crippen LogP contribution in [-0.2, 0) is 9.53 Å². The molecule has 1 amide bonds. The summed E-state index contributed by atoms with van der Waals surface area (Å²) in [5.74, 6) is -0.0201. The highest BCUT2D eigenvalue weighted by Crippen LogP contribution is 2.21. The molecule has 6 heteroatoms. The fourth-order valence-electron chi connectivity index (χ4n) is 3.70. The molecular weight excluding hydrogens is 386 g/mol. The van der Waals surface area contributed by atoms with Crippen LogP contribution in [0.3, 0.4) is 0 Å². The normalized spacial score (nSPS) is 21.4. The maximum atomic E-state index is 11.8. The molecule has 0 radical (unpaired) electrons. The Kier molecular flexibility index (Phi) is 9.98. The Morgan fingerprint density at radius 2 is 2.03 bits per heavy atom. The molecule has 0 heterocycles. The summed E-state index contributed by atoms with van der Waals surface area (Å²) in [5, 5.41) is 10.9. The van der Waals surface area contributed by atoms with Gasteiger partial charge < -0.3 is 20.7 Å². The molecule has 0 saturated carbocycles.